The van der Waals surface area contributed by atoms with Crippen LogP contribution in [0.3, 0.4) is 0 Å². The van der Waals surface area contributed by atoms with Crippen molar-refractivity contribution in [3.05, 3.63) is 48.0 Å². The van der Waals surface area contributed by atoms with E-state index in [-0.39, 0.29) is 6.04 Å². The molecule has 0 radical (unpaired) electrons. The summed E-state index contributed by atoms with van der Waals surface area (Å²) in [5.41, 5.74) is 7.54. The van der Waals surface area contributed by atoms with Gasteiger partial charge in [0, 0.05) is 12.6 Å². The van der Waals surface area contributed by atoms with Gasteiger partial charge < -0.3 is 10.6 Å². The molecule has 0 aliphatic heterocycles. The normalized spacial score (nSPS) is 13.2. The Kier molecular flexibility index (Phi) is 3.77. The van der Waals surface area contributed by atoms with Gasteiger partial charge in [-0.3, -0.25) is 0 Å². The van der Waals surface area contributed by atoms with Gasteiger partial charge in [0.25, 0.3) is 0 Å². The number of fused-ring (bicyclic) bond motifs is 1. The Morgan fingerprint density at radius 1 is 1.12 bits per heavy atom. The third kappa shape index (κ3) is 2.65. The second kappa shape index (κ2) is 5.30. The summed E-state index contributed by atoms with van der Waals surface area (Å²) in [6.45, 7) is 4.07. The Balaban J connectivity index is 2.34. The Bertz CT molecular complexity index is 488. The number of likely N-dealkylation sites (N-methyl/N-ethyl adjacent to an activating group) is 1. The molecule has 2 rings (SSSR count). The largest absolute Gasteiger partial charge is 0.323 e. The van der Waals surface area contributed by atoms with Crippen LogP contribution < -0.4 is 5.73 Å². The van der Waals surface area contributed by atoms with Crippen LogP contribution in [-0.4, -0.2) is 25.0 Å². The molecule has 2 aromatic carbocycles. The summed E-state index contributed by atoms with van der Waals surface area (Å²) in [6, 6.07) is 14.9. The molecule has 0 aliphatic carbocycles. The molecule has 0 spiro atoms. The average Bonchev–Trinajstić information content (AvgIpc) is 2.37. The Hall–Kier alpha value is -1.38. The molecular weight excluding hydrogens is 208 g/mol. The van der Waals surface area contributed by atoms with Crippen LogP contribution in [-0.2, 0) is 0 Å². The fourth-order valence-electron chi connectivity index (χ4n) is 2.14. The first-order chi connectivity index (χ1) is 8.22. The molecule has 0 saturated carbocycles. The van der Waals surface area contributed by atoms with Crippen LogP contribution in [0.4, 0.5) is 0 Å². The summed E-state index contributed by atoms with van der Waals surface area (Å²) in [6.07, 6.45) is 0. The zero-order chi connectivity index (χ0) is 12.3. The van der Waals surface area contributed by atoms with Gasteiger partial charge in [0.05, 0.1) is 0 Å². The first kappa shape index (κ1) is 12.1. The van der Waals surface area contributed by atoms with E-state index in [0.717, 1.165) is 13.1 Å². The molecule has 2 nitrogen and oxygen atoms in total. The monoisotopic (exact) mass is 228 g/mol. The van der Waals surface area contributed by atoms with Crippen LogP contribution in [0.2, 0.25) is 0 Å². The van der Waals surface area contributed by atoms with E-state index in [1.807, 2.05) is 0 Å². The predicted octanol–water partition coefficient (Wildman–Crippen LogP) is 2.79. The van der Waals surface area contributed by atoms with Crippen molar-refractivity contribution >= 4 is 10.8 Å². The van der Waals surface area contributed by atoms with Crippen molar-refractivity contribution in [1.29, 1.82) is 0 Å². The maximum Gasteiger partial charge on any atom is 0.0430 e. The zero-order valence-electron chi connectivity index (χ0n) is 10.6. The van der Waals surface area contributed by atoms with Crippen LogP contribution in [0, 0.1) is 0 Å². The summed E-state index contributed by atoms with van der Waals surface area (Å²) < 4.78 is 0. The van der Waals surface area contributed by atoms with E-state index >= 15 is 0 Å². The molecule has 0 bridgehead atoms. The minimum Gasteiger partial charge on any atom is -0.323 e. The number of nitrogens with zero attached hydrogens (tertiary/aromatic N) is 1. The molecule has 90 valence electrons. The Labute approximate surface area is 103 Å². The van der Waals surface area contributed by atoms with Crippen molar-refractivity contribution in [2.45, 2.75) is 13.0 Å². The Morgan fingerprint density at radius 2 is 1.82 bits per heavy atom. The highest BCUT2D eigenvalue weighted by atomic mass is 15.1. The van der Waals surface area contributed by atoms with Gasteiger partial charge in [-0.2, -0.15) is 0 Å². The molecule has 2 heteroatoms. The van der Waals surface area contributed by atoms with Crippen molar-refractivity contribution < 1.29 is 0 Å². The van der Waals surface area contributed by atoms with Crippen molar-refractivity contribution in [3.63, 3.8) is 0 Å². The fourth-order valence-corrected chi connectivity index (χ4v) is 2.14. The lowest BCUT2D eigenvalue weighted by Crippen LogP contribution is -2.28. The van der Waals surface area contributed by atoms with Gasteiger partial charge in [-0.05, 0) is 29.9 Å². The van der Waals surface area contributed by atoms with Gasteiger partial charge >= 0.3 is 0 Å². The smallest absolute Gasteiger partial charge is 0.0430 e. The minimum absolute atomic E-state index is 0.0750. The van der Waals surface area contributed by atoms with Crippen molar-refractivity contribution in [2.24, 2.45) is 5.73 Å². The standard InChI is InChI=1S/C15H20N2/c1-3-17(2)11-15(16)14-10-6-8-12-7-4-5-9-13(12)14/h4-10,15H,3,11,16H2,1-2H3. The molecule has 17 heavy (non-hydrogen) atoms. The number of rotatable bonds is 4. The van der Waals surface area contributed by atoms with Crippen molar-refractivity contribution in [2.75, 3.05) is 20.1 Å². The highest BCUT2D eigenvalue weighted by Crippen LogP contribution is 2.23. The van der Waals surface area contributed by atoms with E-state index in [2.05, 4.69) is 61.3 Å². The van der Waals surface area contributed by atoms with E-state index < -0.39 is 0 Å². The zero-order valence-corrected chi connectivity index (χ0v) is 10.6. The number of nitrogens with two attached hydrogens (primary N) is 1. The van der Waals surface area contributed by atoms with Crippen molar-refractivity contribution in [1.82, 2.24) is 4.90 Å². The van der Waals surface area contributed by atoms with Crippen LogP contribution in [0.5, 0.6) is 0 Å². The van der Waals surface area contributed by atoms with Crippen molar-refractivity contribution in [3.8, 4) is 0 Å². The van der Waals surface area contributed by atoms with Crippen LogP contribution in [0.25, 0.3) is 10.8 Å². The molecule has 0 amide bonds. The topological polar surface area (TPSA) is 29.3 Å². The summed E-state index contributed by atoms with van der Waals surface area (Å²) >= 11 is 0. The average molecular weight is 228 g/mol. The first-order valence-electron chi connectivity index (χ1n) is 6.14. The molecule has 2 aromatic rings. The lowest BCUT2D eigenvalue weighted by molar-refractivity contribution is 0.329. The molecule has 1 unspecified atom stereocenters. The molecule has 0 fully saturated rings. The van der Waals surface area contributed by atoms with E-state index in [0.29, 0.717) is 0 Å². The quantitative estimate of drug-likeness (QED) is 0.872. The summed E-state index contributed by atoms with van der Waals surface area (Å²) in [4.78, 5) is 2.24. The second-order valence-electron chi connectivity index (χ2n) is 4.53. The fraction of sp³-hybridized carbons (Fsp3) is 0.333. The number of hydrogen-bond donors (Lipinski definition) is 1. The maximum atomic E-state index is 6.30. The molecule has 0 saturated heterocycles. The summed E-state index contributed by atoms with van der Waals surface area (Å²) in [7, 11) is 2.10. The Morgan fingerprint density at radius 3 is 2.59 bits per heavy atom. The van der Waals surface area contributed by atoms with E-state index in [9.17, 15) is 0 Å². The molecule has 1 atom stereocenters. The van der Waals surface area contributed by atoms with Gasteiger partial charge in [0.2, 0.25) is 0 Å². The second-order valence-corrected chi connectivity index (χ2v) is 4.53. The third-order valence-electron chi connectivity index (χ3n) is 3.27. The molecule has 2 N–H and O–H groups in total. The van der Waals surface area contributed by atoms with Gasteiger partial charge in [-0.25, -0.2) is 0 Å². The van der Waals surface area contributed by atoms with E-state index in [1.54, 1.807) is 0 Å². The first-order valence-corrected chi connectivity index (χ1v) is 6.14. The summed E-state index contributed by atoms with van der Waals surface area (Å²) in [5, 5.41) is 2.53. The molecule has 0 aromatic heterocycles. The SMILES string of the molecule is CCN(C)CC(N)c1cccc2ccccc12. The van der Waals surface area contributed by atoms with E-state index in [1.165, 1.54) is 16.3 Å². The van der Waals surface area contributed by atoms with Gasteiger partial charge in [0.1, 0.15) is 0 Å². The van der Waals surface area contributed by atoms with Crippen LogP contribution in [0.15, 0.2) is 42.5 Å². The summed E-state index contributed by atoms with van der Waals surface area (Å²) in [5.74, 6) is 0. The third-order valence-corrected chi connectivity index (χ3v) is 3.27. The molecule has 0 heterocycles. The molecule has 0 aliphatic rings. The highest BCUT2D eigenvalue weighted by Gasteiger charge is 2.10. The van der Waals surface area contributed by atoms with Crippen LogP contribution in [0.1, 0.15) is 18.5 Å². The van der Waals surface area contributed by atoms with Gasteiger partial charge in [-0.15, -0.1) is 0 Å². The van der Waals surface area contributed by atoms with Gasteiger partial charge in [-0.1, -0.05) is 49.4 Å². The number of benzene rings is 2. The lowest BCUT2D eigenvalue weighted by atomic mass is 9.99. The minimum atomic E-state index is 0.0750. The maximum absolute atomic E-state index is 6.30. The highest BCUT2D eigenvalue weighted by molar-refractivity contribution is 5.86. The molecular formula is C15H20N2. The lowest BCUT2D eigenvalue weighted by Gasteiger charge is -2.21. The van der Waals surface area contributed by atoms with Crippen LogP contribution >= 0.6 is 0 Å². The van der Waals surface area contributed by atoms with Gasteiger partial charge in [0.15, 0.2) is 0 Å². The predicted molar refractivity (Wildman–Crippen MR) is 74.0 cm³/mol. The van der Waals surface area contributed by atoms with E-state index in [4.69, 9.17) is 5.73 Å². The number of hydrogen-bond acceptors (Lipinski definition) is 2.